The third kappa shape index (κ3) is 3.21. The number of ether oxygens (including phenoxy) is 1. The number of hydrogen-bond acceptors (Lipinski definition) is 2. The van der Waals surface area contributed by atoms with Gasteiger partial charge in [0.2, 0.25) is 0 Å². The van der Waals surface area contributed by atoms with Crippen LogP contribution in [0.15, 0.2) is 30.3 Å². The fourth-order valence-corrected chi connectivity index (χ4v) is 5.80. The van der Waals surface area contributed by atoms with Crippen molar-refractivity contribution in [3.05, 3.63) is 35.9 Å². The van der Waals surface area contributed by atoms with Crippen molar-refractivity contribution >= 4 is 8.24 Å². The van der Waals surface area contributed by atoms with Crippen molar-refractivity contribution < 1.29 is 31.1 Å². The summed E-state index contributed by atoms with van der Waals surface area (Å²) >= 11 is 0. The molecule has 0 amide bonds. The van der Waals surface area contributed by atoms with Gasteiger partial charge in [-0.2, -0.15) is 26.3 Å². The summed E-state index contributed by atoms with van der Waals surface area (Å²) < 4.78 is 86.3. The lowest BCUT2D eigenvalue weighted by Gasteiger charge is -2.47. The Labute approximate surface area is 137 Å². The molecule has 136 valence electrons. The second-order valence-electron chi connectivity index (χ2n) is 6.83. The van der Waals surface area contributed by atoms with Crippen molar-refractivity contribution in [3.8, 4) is 0 Å². The zero-order valence-corrected chi connectivity index (χ0v) is 14.5. The van der Waals surface area contributed by atoms with Crippen LogP contribution in [0.1, 0.15) is 5.56 Å². The lowest BCUT2D eigenvalue weighted by Crippen LogP contribution is -2.72. The van der Waals surface area contributed by atoms with Crippen LogP contribution in [-0.4, -0.2) is 43.5 Å². The molecular formula is C15H19F6NOSi. The predicted octanol–water partition coefficient (Wildman–Crippen LogP) is 4.59. The number of halogens is 6. The SMILES string of the molecule is C[Si](C)(C)N1[C@@H](Cc2ccccc2)COC1(C(F)(F)F)C(F)(F)F. The molecule has 1 aromatic rings. The quantitative estimate of drug-likeness (QED) is 0.569. The monoisotopic (exact) mass is 371 g/mol. The van der Waals surface area contributed by atoms with Crippen molar-refractivity contribution in [2.45, 2.75) is 50.2 Å². The third-order valence-corrected chi connectivity index (χ3v) is 6.12. The minimum Gasteiger partial charge on any atom is -0.344 e. The Morgan fingerprint density at radius 3 is 1.96 bits per heavy atom. The van der Waals surface area contributed by atoms with E-state index >= 15 is 0 Å². The molecule has 9 heteroatoms. The highest BCUT2D eigenvalue weighted by Gasteiger charge is 2.79. The van der Waals surface area contributed by atoms with Gasteiger partial charge in [-0.15, -0.1) is 0 Å². The van der Waals surface area contributed by atoms with Crippen molar-refractivity contribution in [3.63, 3.8) is 0 Å². The molecule has 2 rings (SSSR count). The summed E-state index contributed by atoms with van der Waals surface area (Å²) in [5, 5.41) is 0. The molecular weight excluding hydrogens is 352 g/mol. The molecule has 1 aliphatic rings. The number of benzene rings is 1. The van der Waals surface area contributed by atoms with Crippen LogP contribution in [0.4, 0.5) is 26.3 Å². The zero-order chi connectivity index (χ0) is 18.4. The van der Waals surface area contributed by atoms with Crippen molar-refractivity contribution in [1.29, 1.82) is 0 Å². The molecule has 0 bridgehead atoms. The maximum absolute atomic E-state index is 13.5. The summed E-state index contributed by atoms with van der Waals surface area (Å²) in [6.07, 6.45) is -11.1. The van der Waals surface area contributed by atoms with E-state index < -0.39 is 39.0 Å². The van der Waals surface area contributed by atoms with Crippen molar-refractivity contribution in [2.24, 2.45) is 0 Å². The zero-order valence-electron chi connectivity index (χ0n) is 13.5. The lowest BCUT2D eigenvalue weighted by atomic mass is 10.1. The highest BCUT2D eigenvalue weighted by atomic mass is 28.3. The molecule has 2 nitrogen and oxygen atoms in total. The van der Waals surface area contributed by atoms with Crippen LogP contribution < -0.4 is 0 Å². The third-order valence-electron chi connectivity index (χ3n) is 3.99. The van der Waals surface area contributed by atoms with E-state index in [0.29, 0.717) is 10.1 Å². The molecule has 1 aliphatic heterocycles. The first kappa shape index (κ1) is 19.3. The van der Waals surface area contributed by atoms with E-state index in [0.717, 1.165) is 0 Å². The van der Waals surface area contributed by atoms with Crippen LogP contribution in [0.2, 0.25) is 19.6 Å². The fourth-order valence-electron chi connectivity index (χ4n) is 3.27. The standard InChI is InChI=1S/C15H19F6NOSi/c1-24(2,3)22-12(9-11-7-5-4-6-8-11)10-23-13(22,14(16,17)18)15(19,20)21/h4-8,12H,9-10H2,1-3H3/t12-/m0/s1. The summed E-state index contributed by atoms with van der Waals surface area (Å²) in [6.45, 7) is 3.78. The highest BCUT2D eigenvalue weighted by Crippen LogP contribution is 2.53. The molecule has 0 aromatic heterocycles. The normalized spacial score (nSPS) is 22.8. The second kappa shape index (κ2) is 6.03. The van der Waals surface area contributed by atoms with Crippen LogP contribution in [0.3, 0.4) is 0 Å². The minimum absolute atomic E-state index is 0.0685. The Morgan fingerprint density at radius 2 is 1.54 bits per heavy atom. The van der Waals surface area contributed by atoms with Crippen LogP contribution in [-0.2, 0) is 11.2 Å². The number of nitrogens with zero attached hydrogens (tertiary/aromatic N) is 1. The maximum atomic E-state index is 13.5. The molecule has 1 saturated heterocycles. The first-order chi connectivity index (χ1) is 10.8. The molecule has 1 fully saturated rings. The van der Waals surface area contributed by atoms with Crippen LogP contribution >= 0.6 is 0 Å². The molecule has 0 saturated carbocycles. The van der Waals surface area contributed by atoms with Gasteiger partial charge in [0.15, 0.2) is 0 Å². The van der Waals surface area contributed by atoms with Crippen LogP contribution in [0.25, 0.3) is 0 Å². The van der Waals surface area contributed by atoms with E-state index in [4.69, 9.17) is 0 Å². The Bertz CT molecular complexity index is 552. The van der Waals surface area contributed by atoms with Crippen molar-refractivity contribution in [2.75, 3.05) is 6.61 Å². The smallest absolute Gasteiger partial charge is 0.344 e. The first-order valence-electron chi connectivity index (χ1n) is 7.41. The summed E-state index contributed by atoms with van der Waals surface area (Å²) in [7, 11) is -3.03. The van der Waals surface area contributed by atoms with Gasteiger partial charge < -0.3 is 4.74 Å². The van der Waals surface area contributed by atoms with Crippen LogP contribution in [0, 0.1) is 0 Å². The molecule has 0 radical (unpaired) electrons. The van der Waals surface area contributed by atoms with E-state index in [9.17, 15) is 26.3 Å². The summed E-state index contributed by atoms with van der Waals surface area (Å²) in [5.74, 6) is 0. The molecule has 0 aliphatic carbocycles. The average molecular weight is 371 g/mol. The van der Waals surface area contributed by atoms with Gasteiger partial charge >= 0.3 is 18.1 Å². The van der Waals surface area contributed by atoms with Gasteiger partial charge in [-0.25, -0.2) is 0 Å². The topological polar surface area (TPSA) is 12.5 Å². The van der Waals surface area contributed by atoms with Gasteiger partial charge in [-0.05, 0) is 12.0 Å². The van der Waals surface area contributed by atoms with Gasteiger partial charge in [0.05, 0.1) is 6.61 Å². The molecule has 1 heterocycles. The van der Waals surface area contributed by atoms with E-state index in [2.05, 4.69) is 4.74 Å². The fraction of sp³-hybridized carbons (Fsp3) is 0.600. The molecule has 0 N–H and O–H groups in total. The average Bonchev–Trinajstić information content (AvgIpc) is 2.79. The van der Waals surface area contributed by atoms with Gasteiger partial charge in [0.25, 0.3) is 0 Å². The summed E-state index contributed by atoms with van der Waals surface area (Å²) in [6, 6.07) is 7.52. The Hall–Kier alpha value is -1.06. The largest absolute Gasteiger partial charge is 0.440 e. The summed E-state index contributed by atoms with van der Waals surface area (Å²) in [4.78, 5) is 0. The van der Waals surface area contributed by atoms with Crippen molar-refractivity contribution in [1.82, 2.24) is 4.57 Å². The van der Waals surface area contributed by atoms with Gasteiger partial charge in [0.1, 0.15) is 8.24 Å². The molecule has 0 spiro atoms. The van der Waals surface area contributed by atoms with Gasteiger partial charge in [0, 0.05) is 6.04 Å². The highest BCUT2D eigenvalue weighted by molar-refractivity contribution is 6.73. The molecule has 1 atom stereocenters. The van der Waals surface area contributed by atoms with Crippen LogP contribution in [0.5, 0.6) is 0 Å². The number of alkyl halides is 6. The number of hydrogen-bond donors (Lipinski definition) is 0. The Balaban J connectivity index is 2.50. The van der Waals surface area contributed by atoms with Gasteiger partial charge in [-0.1, -0.05) is 50.0 Å². The second-order valence-corrected chi connectivity index (χ2v) is 11.7. The Morgan fingerprint density at radius 1 is 1.04 bits per heavy atom. The lowest BCUT2D eigenvalue weighted by molar-refractivity contribution is -0.397. The van der Waals surface area contributed by atoms with E-state index in [1.807, 2.05) is 0 Å². The summed E-state index contributed by atoms with van der Waals surface area (Å²) in [5.41, 5.74) is -3.56. The molecule has 24 heavy (non-hydrogen) atoms. The molecule has 1 aromatic carbocycles. The molecule has 0 unspecified atom stereocenters. The van der Waals surface area contributed by atoms with E-state index in [1.165, 1.54) is 19.6 Å². The van der Waals surface area contributed by atoms with Gasteiger partial charge in [-0.3, -0.25) is 4.57 Å². The number of rotatable bonds is 3. The predicted molar refractivity (Wildman–Crippen MR) is 79.9 cm³/mol. The first-order valence-corrected chi connectivity index (χ1v) is 10.9. The Kier molecular flexibility index (Phi) is 4.84. The van der Waals surface area contributed by atoms with E-state index in [-0.39, 0.29) is 6.42 Å². The minimum atomic E-state index is -5.57. The van der Waals surface area contributed by atoms with E-state index in [1.54, 1.807) is 30.3 Å². The maximum Gasteiger partial charge on any atom is 0.440 e.